The number of pyridine rings is 1. The molecule has 0 radical (unpaired) electrons. The molecule has 1 N–H and O–H groups in total. The number of hydrogen-bond acceptors (Lipinski definition) is 5. The quantitative estimate of drug-likeness (QED) is 0.620. The summed E-state index contributed by atoms with van der Waals surface area (Å²) in [7, 11) is 0. The van der Waals surface area contributed by atoms with Crippen molar-refractivity contribution in [3.05, 3.63) is 59.4 Å². The van der Waals surface area contributed by atoms with E-state index < -0.39 is 34.8 Å². The summed E-state index contributed by atoms with van der Waals surface area (Å²) in [6.07, 6.45) is -4.81. The molecule has 164 valence electrons. The molecule has 0 unspecified atom stereocenters. The van der Waals surface area contributed by atoms with Gasteiger partial charge in [-0.1, -0.05) is 30.3 Å². The summed E-state index contributed by atoms with van der Waals surface area (Å²) in [5, 5.41) is 18.6. The van der Waals surface area contributed by atoms with E-state index in [0.29, 0.717) is 6.20 Å². The zero-order valence-corrected chi connectivity index (χ0v) is 17.6. The molecule has 2 aromatic rings. The second kappa shape index (κ2) is 8.77. The fourth-order valence-corrected chi connectivity index (χ4v) is 4.86. The Morgan fingerprint density at radius 1 is 1.42 bits per heavy atom. The van der Waals surface area contributed by atoms with Crippen molar-refractivity contribution < 1.29 is 27.8 Å². The first-order valence-electron chi connectivity index (χ1n) is 9.38. The number of aromatic nitrogens is 1. The van der Waals surface area contributed by atoms with Crippen molar-refractivity contribution in [1.29, 1.82) is 5.26 Å². The van der Waals surface area contributed by atoms with E-state index >= 15 is 0 Å². The Hall–Kier alpha value is -2.77. The first kappa shape index (κ1) is 22.9. The molecule has 0 saturated carbocycles. The van der Waals surface area contributed by atoms with Crippen LogP contribution in [0.5, 0.6) is 0 Å². The Labute approximate surface area is 181 Å². The normalized spacial score (nSPS) is 19.1. The van der Waals surface area contributed by atoms with Gasteiger partial charge in [0.25, 0.3) is 0 Å². The zero-order chi connectivity index (χ0) is 22.8. The molecular weight excluding hydrogens is 431 g/mol. The van der Waals surface area contributed by atoms with E-state index in [-0.39, 0.29) is 23.6 Å². The molecule has 2 heterocycles. The number of thioether (sulfide) groups is 1. The molecule has 1 saturated heterocycles. The fraction of sp³-hybridized carbons (Fsp3) is 0.381. The summed E-state index contributed by atoms with van der Waals surface area (Å²) in [6.45, 7) is 3.46. The number of alkyl halides is 3. The van der Waals surface area contributed by atoms with E-state index in [1.807, 2.05) is 24.3 Å². The number of halogens is 3. The number of nitriles is 1. The van der Waals surface area contributed by atoms with E-state index in [4.69, 9.17) is 4.74 Å². The van der Waals surface area contributed by atoms with Gasteiger partial charge in [0.2, 0.25) is 0 Å². The van der Waals surface area contributed by atoms with Crippen LogP contribution in [0.1, 0.15) is 42.3 Å². The summed E-state index contributed by atoms with van der Waals surface area (Å²) < 4.78 is 45.2. The number of carbonyl (C=O) groups is 1. The van der Waals surface area contributed by atoms with Crippen molar-refractivity contribution in [2.45, 2.75) is 48.4 Å². The van der Waals surface area contributed by atoms with Crippen molar-refractivity contribution in [2.75, 3.05) is 6.61 Å². The van der Waals surface area contributed by atoms with Gasteiger partial charge in [-0.3, -0.25) is 4.90 Å². The number of rotatable bonds is 5. The van der Waals surface area contributed by atoms with Crippen LogP contribution in [0.3, 0.4) is 0 Å². The number of nitrogens with zero attached hydrogens (tertiary/aromatic N) is 3. The number of ether oxygens (including phenoxy) is 1. The van der Waals surface area contributed by atoms with E-state index in [0.717, 1.165) is 23.4 Å². The van der Waals surface area contributed by atoms with Gasteiger partial charge in [0.1, 0.15) is 11.8 Å². The lowest BCUT2D eigenvalue weighted by atomic mass is 10.0. The van der Waals surface area contributed by atoms with Crippen molar-refractivity contribution in [3.8, 4) is 6.07 Å². The highest BCUT2D eigenvalue weighted by Crippen LogP contribution is 2.44. The van der Waals surface area contributed by atoms with Crippen LogP contribution in [0.15, 0.2) is 47.5 Å². The summed E-state index contributed by atoms with van der Waals surface area (Å²) in [4.78, 5) is 16.8. The molecule has 6 nitrogen and oxygen atoms in total. The third kappa shape index (κ3) is 5.11. The van der Waals surface area contributed by atoms with Gasteiger partial charge in [0.15, 0.2) is 5.69 Å². The van der Waals surface area contributed by atoms with Gasteiger partial charge in [-0.25, -0.2) is 9.78 Å². The Kier molecular flexibility index (Phi) is 6.48. The smallest absolute Gasteiger partial charge is 0.417 e. The summed E-state index contributed by atoms with van der Waals surface area (Å²) >= 11 is 1.06. The predicted molar refractivity (Wildman–Crippen MR) is 107 cm³/mol. The summed E-state index contributed by atoms with van der Waals surface area (Å²) in [6, 6.07) is 11.3. The van der Waals surface area contributed by atoms with Gasteiger partial charge in [-0.15, -0.1) is 11.8 Å². The molecule has 10 heteroatoms. The number of amides is 1. The Balaban J connectivity index is 1.97. The van der Waals surface area contributed by atoms with Crippen LogP contribution < -0.4 is 0 Å². The third-order valence-corrected chi connectivity index (χ3v) is 6.31. The molecular formula is C21H20F3N3O3S. The minimum atomic E-state index is -4.60. The minimum absolute atomic E-state index is 0.0891. The molecule has 1 aromatic heterocycles. The second-order valence-corrected chi connectivity index (χ2v) is 8.74. The minimum Gasteiger partial charge on any atom is -0.465 e. The SMILES string of the molecule is CC1(C)OC[C@H](C[C@@H](Sc2cc(C(F)(F)F)cnc2C#N)c2ccccc2)N1C(=O)O. The van der Waals surface area contributed by atoms with Gasteiger partial charge < -0.3 is 9.84 Å². The van der Waals surface area contributed by atoms with E-state index in [2.05, 4.69) is 4.98 Å². The average Bonchev–Trinajstić information content (AvgIpc) is 3.01. The van der Waals surface area contributed by atoms with Crippen LogP contribution in [0.25, 0.3) is 0 Å². The zero-order valence-electron chi connectivity index (χ0n) is 16.8. The molecule has 1 aliphatic rings. The highest BCUT2D eigenvalue weighted by molar-refractivity contribution is 7.99. The summed E-state index contributed by atoms with van der Waals surface area (Å²) in [5.74, 6) is 0. The topological polar surface area (TPSA) is 86.5 Å². The van der Waals surface area contributed by atoms with Crippen LogP contribution in [0, 0.1) is 11.3 Å². The van der Waals surface area contributed by atoms with E-state index in [1.165, 1.54) is 4.90 Å². The monoisotopic (exact) mass is 451 g/mol. The molecule has 1 aliphatic heterocycles. The molecule has 1 aromatic carbocycles. The molecule has 3 rings (SSSR count). The van der Waals surface area contributed by atoms with Crippen LogP contribution in [-0.2, 0) is 10.9 Å². The Bertz CT molecular complexity index is 993. The largest absolute Gasteiger partial charge is 0.465 e. The van der Waals surface area contributed by atoms with Crippen molar-refractivity contribution >= 4 is 17.9 Å². The van der Waals surface area contributed by atoms with E-state index in [1.54, 1.807) is 26.0 Å². The lowest BCUT2D eigenvalue weighted by molar-refractivity contribution is -0.138. The predicted octanol–water partition coefficient (Wildman–Crippen LogP) is 5.31. The second-order valence-electron chi connectivity index (χ2n) is 7.50. The van der Waals surface area contributed by atoms with Gasteiger partial charge in [0, 0.05) is 16.3 Å². The van der Waals surface area contributed by atoms with E-state index in [9.17, 15) is 28.3 Å². The lowest BCUT2D eigenvalue weighted by Crippen LogP contribution is -2.47. The molecule has 1 fully saturated rings. The van der Waals surface area contributed by atoms with Crippen molar-refractivity contribution in [3.63, 3.8) is 0 Å². The van der Waals surface area contributed by atoms with Gasteiger partial charge in [-0.2, -0.15) is 18.4 Å². The fourth-order valence-electron chi connectivity index (χ4n) is 3.54. The average molecular weight is 451 g/mol. The van der Waals surface area contributed by atoms with Crippen LogP contribution in [-0.4, -0.2) is 39.5 Å². The first-order valence-corrected chi connectivity index (χ1v) is 10.3. The maximum Gasteiger partial charge on any atom is 0.417 e. The highest BCUT2D eigenvalue weighted by Gasteiger charge is 2.45. The summed E-state index contributed by atoms with van der Waals surface area (Å²) in [5.41, 5.74) is -1.28. The van der Waals surface area contributed by atoms with Gasteiger partial charge in [0.05, 0.1) is 18.2 Å². The standard InChI is InChI=1S/C21H20F3N3O3S/c1-20(2)27(19(28)29)15(12-30-20)9-17(13-6-4-3-5-7-13)31-18-8-14(21(22,23)24)11-26-16(18)10-25/h3-8,11,15,17H,9,12H2,1-2H3,(H,28,29)/t15-,17+/m0/s1. The van der Waals surface area contributed by atoms with Crippen molar-refractivity contribution in [2.24, 2.45) is 0 Å². The van der Waals surface area contributed by atoms with Gasteiger partial charge >= 0.3 is 12.3 Å². The van der Waals surface area contributed by atoms with Crippen LogP contribution in [0.2, 0.25) is 0 Å². The molecule has 2 atom stereocenters. The molecule has 1 amide bonds. The highest BCUT2D eigenvalue weighted by atomic mass is 32.2. The maximum absolute atomic E-state index is 13.2. The van der Waals surface area contributed by atoms with Gasteiger partial charge in [-0.05, 0) is 31.9 Å². The first-order chi connectivity index (χ1) is 14.5. The Morgan fingerprint density at radius 3 is 2.68 bits per heavy atom. The van der Waals surface area contributed by atoms with Crippen LogP contribution >= 0.6 is 11.8 Å². The lowest BCUT2D eigenvalue weighted by Gasteiger charge is -2.32. The van der Waals surface area contributed by atoms with Crippen molar-refractivity contribution in [1.82, 2.24) is 9.88 Å². The Morgan fingerprint density at radius 2 is 2.10 bits per heavy atom. The molecule has 31 heavy (non-hydrogen) atoms. The van der Waals surface area contributed by atoms with Crippen LogP contribution in [0.4, 0.5) is 18.0 Å². The number of benzene rings is 1. The maximum atomic E-state index is 13.2. The number of hydrogen-bond donors (Lipinski definition) is 1. The molecule has 0 spiro atoms. The number of carboxylic acid groups (broad SMARTS) is 1. The molecule has 0 bridgehead atoms. The molecule has 0 aliphatic carbocycles. The third-order valence-electron chi connectivity index (χ3n) is 4.99.